The van der Waals surface area contributed by atoms with Crippen molar-refractivity contribution in [3.63, 3.8) is 0 Å². The Morgan fingerprint density at radius 1 is 0.567 bits per heavy atom. The Morgan fingerprint density at radius 2 is 0.967 bits per heavy atom. The molecule has 132 valence electrons. The van der Waals surface area contributed by atoms with Crippen molar-refractivity contribution >= 4 is 50.2 Å². The van der Waals surface area contributed by atoms with Gasteiger partial charge < -0.3 is 14.5 Å². The normalized spacial score (nSPS) is 9.80. The van der Waals surface area contributed by atoms with E-state index in [-0.39, 0.29) is 50.7 Å². The molecule has 0 amide bonds. The van der Waals surface area contributed by atoms with Crippen LogP contribution in [0.4, 0.5) is 17.5 Å². The zero-order valence-electron chi connectivity index (χ0n) is 14.8. The Balaban J connectivity index is 2.42. The summed E-state index contributed by atoms with van der Waals surface area (Å²) in [6.07, 6.45) is 0. The average Bonchev–Trinajstić information content (AvgIpc) is 2.81. The number of hydrogen-bond acceptors (Lipinski definition) is 6. The van der Waals surface area contributed by atoms with Crippen LogP contribution in [0.1, 0.15) is 16.7 Å². The fourth-order valence-corrected chi connectivity index (χ4v) is 3.18. The lowest BCUT2D eigenvalue weighted by Gasteiger charge is -2.07. The number of fused-ring (bicyclic) bond motifs is 6. The standard InChI is InChI=1S/C21H3N9/c1-25-19-12(9-24)6-15-13-4-10(7-22)11(8-23)5-14(13)17-18(16(15)28-19)30-21(27-3)20(26-2)29-17/h4-6H. The Bertz CT molecular complexity index is 1350. The molecular formula is C21H3N9. The van der Waals surface area contributed by atoms with E-state index in [2.05, 4.69) is 29.5 Å². The van der Waals surface area contributed by atoms with Crippen LogP contribution in [-0.4, -0.2) is 15.0 Å². The topological polar surface area (TPSA) is 123 Å². The van der Waals surface area contributed by atoms with Gasteiger partial charge in [-0.15, -0.1) is 15.0 Å². The summed E-state index contributed by atoms with van der Waals surface area (Å²) in [5.74, 6) is -0.567. The minimum absolute atomic E-state index is 0.0390. The van der Waals surface area contributed by atoms with Crippen LogP contribution in [0, 0.1) is 53.7 Å². The van der Waals surface area contributed by atoms with Gasteiger partial charge in [0.1, 0.15) is 12.1 Å². The van der Waals surface area contributed by atoms with Crippen molar-refractivity contribution < 1.29 is 0 Å². The highest BCUT2D eigenvalue weighted by atomic mass is 15.0. The lowest BCUT2D eigenvalue weighted by atomic mass is 9.96. The second-order valence-corrected chi connectivity index (χ2v) is 5.94. The van der Waals surface area contributed by atoms with Gasteiger partial charge in [-0.3, -0.25) is 0 Å². The number of aromatic nitrogens is 3. The molecule has 0 unspecified atom stereocenters. The summed E-state index contributed by atoms with van der Waals surface area (Å²) in [5.41, 5.74) is 0.859. The summed E-state index contributed by atoms with van der Waals surface area (Å²) < 4.78 is 0. The highest BCUT2D eigenvalue weighted by Gasteiger charge is 2.25. The average molecular weight is 381 g/mol. The Morgan fingerprint density at radius 3 is 1.43 bits per heavy atom. The second kappa shape index (κ2) is 6.53. The summed E-state index contributed by atoms with van der Waals surface area (Å²) in [6.45, 7) is 21.9. The molecule has 0 radical (unpaired) electrons. The zero-order chi connectivity index (χ0) is 21.4. The number of pyridine rings is 1. The second-order valence-electron chi connectivity index (χ2n) is 5.94. The van der Waals surface area contributed by atoms with Gasteiger partial charge in [0.2, 0.25) is 11.0 Å². The van der Waals surface area contributed by atoms with Gasteiger partial charge in [-0.1, -0.05) is 19.7 Å². The van der Waals surface area contributed by atoms with E-state index in [1.54, 1.807) is 0 Å². The highest BCUT2D eigenvalue weighted by Crippen LogP contribution is 2.38. The lowest BCUT2D eigenvalue weighted by Crippen LogP contribution is -1.95. The van der Waals surface area contributed by atoms with E-state index in [0.717, 1.165) is 0 Å². The first kappa shape index (κ1) is 17.8. The number of nitriles is 3. The maximum absolute atomic E-state index is 9.42. The molecule has 30 heavy (non-hydrogen) atoms. The monoisotopic (exact) mass is 381 g/mol. The maximum Gasteiger partial charge on any atom is 0.294 e. The molecule has 9 heteroatoms. The van der Waals surface area contributed by atoms with Crippen molar-refractivity contribution in [1.82, 2.24) is 15.0 Å². The third kappa shape index (κ3) is 2.32. The summed E-state index contributed by atoms with van der Waals surface area (Å²) in [5, 5.41) is 29.5. The van der Waals surface area contributed by atoms with Gasteiger partial charge in [0.15, 0.2) is 0 Å². The van der Waals surface area contributed by atoms with E-state index in [1.165, 1.54) is 18.2 Å². The smallest absolute Gasteiger partial charge is 0.294 e. The molecule has 0 fully saturated rings. The quantitative estimate of drug-likeness (QED) is 0.324. The van der Waals surface area contributed by atoms with Crippen LogP contribution in [-0.2, 0) is 0 Å². The van der Waals surface area contributed by atoms with E-state index in [0.29, 0.717) is 16.2 Å². The van der Waals surface area contributed by atoms with Gasteiger partial charge in [0, 0.05) is 10.8 Å². The van der Waals surface area contributed by atoms with Crippen molar-refractivity contribution in [2.45, 2.75) is 0 Å². The molecule has 0 aliphatic rings. The number of hydrogen-bond donors (Lipinski definition) is 0. The van der Waals surface area contributed by atoms with E-state index >= 15 is 0 Å². The first-order chi connectivity index (χ1) is 14.6. The van der Waals surface area contributed by atoms with Gasteiger partial charge in [-0.25, -0.2) is 0 Å². The molecule has 0 atom stereocenters. The molecule has 9 nitrogen and oxygen atoms in total. The minimum Gasteiger partial charge on any atom is -0.370 e. The predicted octanol–water partition coefficient (Wildman–Crippen LogP) is 4.60. The van der Waals surface area contributed by atoms with Crippen LogP contribution in [0.3, 0.4) is 0 Å². The molecule has 0 saturated heterocycles. The molecule has 0 aliphatic heterocycles. The third-order valence-electron chi connectivity index (χ3n) is 4.47. The molecule has 4 rings (SSSR count). The summed E-state index contributed by atoms with van der Waals surface area (Å²) in [6, 6.07) is 10.3. The van der Waals surface area contributed by atoms with Crippen molar-refractivity contribution in [1.29, 1.82) is 15.8 Å². The molecule has 2 heterocycles. The van der Waals surface area contributed by atoms with E-state index < -0.39 is 0 Å². The van der Waals surface area contributed by atoms with E-state index in [4.69, 9.17) is 19.7 Å². The van der Waals surface area contributed by atoms with Crippen LogP contribution in [0.15, 0.2) is 18.2 Å². The molecule has 0 saturated carbocycles. The molecule has 4 aromatic rings. The molecular weight excluding hydrogens is 378 g/mol. The number of rotatable bonds is 0. The van der Waals surface area contributed by atoms with Gasteiger partial charge >= 0.3 is 0 Å². The van der Waals surface area contributed by atoms with Crippen molar-refractivity contribution in [2.24, 2.45) is 0 Å². The van der Waals surface area contributed by atoms with Crippen LogP contribution in [0.5, 0.6) is 0 Å². The Hall–Kier alpha value is -5.61. The Kier molecular flexibility index (Phi) is 3.87. The van der Waals surface area contributed by atoms with Crippen LogP contribution >= 0.6 is 0 Å². The highest BCUT2D eigenvalue weighted by molar-refractivity contribution is 6.23. The summed E-state index contributed by atoms with van der Waals surface area (Å²) in [4.78, 5) is 22.5. The zero-order valence-corrected chi connectivity index (χ0v) is 14.8. The van der Waals surface area contributed by atoms with Crippen LogP contribution in [0.2, 0.25) is 0 Å². The molecule has 2 aromatic heterocycles. The summed E-state index contributed by atoms with van der Waals surface area (Å²) >= 11 is 0. The van der Waals surface area contributed by atoms with Crippen molar-refractivity contribution in [2.75, 3.05) is 0 Å². The lowest BCUT2D eigenvalue weighted by molar-refractivity contribution is 1.33. The predicted molar refractivity (Wildman–Crippen MR) is 105 cm³/mol. The fraction of sp³-hybridized carbons (Fsp3) is 0. The third-order valence-corrected chi connectivity index (χ3v) is 4.47. The number of nitrogens with zero attached hydrogens (tertiary/aromatic N) is 9. The SMILES string of the molecule is [C-]#[N+]c1nc2c(cc1C#N)c1cc(C#N)c(C#N)cc1c1nc([N+]#[C-])c([N+]#[C-])nc21. The number of benzene rings is 2. The van der Waals surface area contributed by atoms with Crippen molar-refractivity contribution in [3.8, 4) is 18.2 Å². The molecule has 0 aliphatic carbocycles. The molecule has 0 N–H and O–H groups in total. The molecule has 0 spiro atoms. The fourth-order valence-electron chi connectivity index (χ4n) is 3.18. The molecule has 0 bridgehead atoms. The maximum atomic E-state index is 9.42. The van der Waals surface area contributed by atoms with E-state index in [9.17, 15) is 15.8 Å². The van der Waals surface area contributed by atoms with Gasteiger partial charge in [-0.2, -0.15) is 15.8 Å². The minimum atomic E-state index is -0.220. The largest absolute Gasteiger partial charge is 0.370 e. The van der Waals surface area contributed by atoms with Gasteiger partial charge in [0.05, 0.1) is 22.8 Å². The van der Waals surface area contributed by atoms with Gasteiger partial charge in [0.25, 0.3) is 23.0 Å². The van der Waals surface area contributed by atoms with E-state index in [1.807, 2.05) is 18.2 Å². The Labute approximate surface area is 168 Å². The van der Waals surface area contributed by atoms with Gasteiger partial charge in [-0.05, 0) is 23.6 Å². The first-order valence-corrected chi connectivity index (χ1v) is 8.09. The summed E-state index contributed by atoms with van der Waals surface area (Å²) in [7, 11) is 0. The molecule has 2 aromatic carbocycles. The van der Waals surface area contributed by atoms with Crippen molar-refractivity contribution in [3.05, 3.63) is 69.1 Å². The first-order valence-electron chi connectivity index (χ1n) is 8.09. The van der Waals surface area contributed by atoms with Crippen LogP contribution in [0.25, 0.3) is 47.2 Å². The van der Waals surface area contributed by atoms with Crippen LogP contribution < -0.4 is 0 Å².